The summed E-state index contributed by atoms with van der Waals surface area (Å²) in [5.41, 5.74) is 2.23. The molecule has 1 aromatic carbocycles. The van der Waals surface area contributed by atoms with E-state index in [1.807, 2.05) is 0 Å². The van der Waals surface area contributed by atoms with E-state index in [0.717, 1.165) is 42.7 Å². The molecule has 2 atom stereocenters. The fourth-order valence-electron chi connectivity index (χ4n) is 3.14. The normalized spacial score (nSPS) is 23.9. The van der Waals surface area contributed by atoms with Crippen LogP contribution in [-0.4, -0.2) is 15.8 Å². The molecule has 4 rings (SSSR count). The van der Waals surface area contributed by atoms with Crippen LogP contribution < -0.4 is 5.32 Å². The number of hydrogen-bond donors (Lipinski definition) is 1. The third kappa shape index (κ3) is 1.67. The summed E-state index contributed by atoms with van der Waals surface area (Å²) in [5, 5.41) is 7.87. The Balaban J connectivity index is 1.79. The number of fused-ring (bicyclic) bond motifs is 4. The minimum absolute atomic E-state index is 0.201. The summed E-state index contributed by atoms with van der Waals surface area (Å²) in [6.07, 6.45) is 4.81. The average Bonchev–Trinajstić information content (AvgIpc) is 3.01. The highest BCUT2D eigenvalue weighted by Gasteiger charge is 2.34. The topological polar surface area (TPSA) is 29.9 Å². The SMILES string of the molecule is Fc1cc(-n2cc3c(n2)C2CCC(C3)N2)cc(F)c1F. The summed E-state index contributed by atoms with van der Waals surface area (Å²) in [6, 6.07) is 2.61. The van der Waals surface area contributed by atoms with Gasteiger partial charge in [0.2, 0.25) is 0 Å². The van der Waals surface area contributed by atoms with Crippen LogP contribution in [0.2, 0.25) is 0 Å². The highest BCUT2D eigenvalue weighted by Crippen LogP contribution is 2.35. The van der Waals surface area contributed by atoms with Crippen LogP contribution >= 0.6 is 0 Å². The number of benzene rings is 1. The Kier molecular flexibility index (Phi) is 2.44. The summed E-state index contributed by atoms with van der Waals surface area (Å²) in [7, 11) is 0. The summed E-state index contributed by atoms with van der Waals surface area (Å²) >= 11 is 0. The molecule has 1 N–H and O–H groups in total. The van der Waals surface area contributed by atoms with Gasteiger partial charge in [0.1, 0.15) is 0 Å². The fourth-order valence-corrected chi connectivity index (χ4v) is 3.14. The lowest BCUT2D eigenvalue weighted by molar-refractivity contribution is 0.446. The predicted octanol–water partition coefficient (Wildman–Crippen LogP) is 2.64. The molecule has 0 amide bonds. The second-order valence-electron chi connectivity index (χ2n) is 5.41. The Morgan fingerprint density at radius 3 is 2.65 bits per heavy atom. The first kappa shape index (κ1) is 12.0. The first-order chi connectivity index (χ1) is 9.61. The van der Waals surface area contributed by atoms with Gasteiger partial charge in [-0.2, -0.15) is 5.10 Å². The van der Waals surface area contributed by atoms with Crippen LogP contribution in [0, 0.1) is 17.5 Å². The van der Waals surface area contributed by atoms with Gasteiger partial charge < -0.3 is 5.32 Å². The van der Waals surface area contributed by atoms with Crippen molar-refractivity contribution < 1.29 is 13.2 Å². The van der Waals surface area contributed by atoms with Crippen LogP contribution in [0.5, 0.6) is 0 Å². The quantitative estimate of drug-likeness (QED) is 0.813. The van der Waals surface area contributed by atoms with Crippen LogP contribution in [0.1, 0.15) is 30.1 Å². The summed E-state index contributed by atoms with van der Waals surface area (Å²) in [4.78, 5) is 0. The molecule has 0 saturated carbocycles. The van der Waals surface area contributed by atoms with Gasteiger partial charge in [0.25, 0.3) is 0 Å². The molecule has 2 aromatic rings. The number of hydrogen-bond acceptors (Lipinski definition) is 2. The van der Waals surface area contributed by atoms with Crippen molar-refractivity contribution in [3.05, 3.63) is 47.0 Å². The van der Waals surface area contributed by atoms with E-state index >= 15 is 0 Å². The Hall–Kier alpha value is -1.82. The van der Waals surface area contributed by atoms with Gasteiger partial charge in [0.15, 0.2) is 17.5 Å². The van der Waals surface area contributed by atoms with E-state index in [2.05, 4.69) is 10.4 Å². The number of nitrogens with one attached hydrogen (secondary N) is 1. The molecule has 0 radical (unpaired) electrons. The molecule has 1 aromatic heterocycles. The Morgan fingerprint density at radius 2 is 1.90 bits per heavy atom. The van der Waals surface area contributed by atoms with Crippen LogP contribution in [0.25, 0.3) is 5.69 Å². The molecule has 3 heterocycles. The van der Waals surface area contributed by atoms with Crippen LogP contribution in [0.3, 0.4) is 0 Å². The van der Waals surface area contributed by atoms with Crippen molar-refractivity contribution in [2.75, 3.05) is 0 Å². The van der Waals surface area contributed by atoms with Gasteiger partial charge in [-0.3, -0.25) is 0 Å². The summed E-state index contributed by atoms with van der Waals surface area (Å²) in [6.45, 7) is 0. The maximum atomic E-state index is 13.3. The largest absolute Gasteiger partial charge is 0.305 e. The van der Waals surface area contributed by atoms with Crippen molar-refractivity contribution in [1.29, 1.82) is 0 Å². The zero-order valence-electron chi connectivity index (χ0n) is 10.5. The first-order valence-corrected chi connectivity index (χ1v) is 6.61. The Bertz CT molecular complexity index is 672. The van der Waals surface area contributed by atoms with E-state index in [0.29, 0.717) is 6.04 Å². The predicted molar refractivity (Wildman–Crippen MR) is 66.0 cm³/mol. The van der Waals surface area contributed by atoms with Crippen molar-refractivity contribution in [3.63, 3.8) is 0 Å². The minimum Gasteiger partial charge on any atom is -0.305 e. The number of halogens is 3. The Labute approximate surface area is 113 Å². The molecule has 104 valence electrons. The van der Waals surface area contributed by atoms with Gasteiger partial charge in [0, 0.05) is 24.4 Å². The Morgan fingerprint density at radius 1 is 1.15 bits per heavy atom. The van der Waals surface area contributed by atoms with Crippen molar-refractivity contribution in [2.24, 2.45) is 0 Å². The van der Waals surface area contributed by atoms with E-state index < -0.39 is 17.5 Å². The van der Waals surface area contributed by atoms with Crippen LogP contribution in [-0.2, 0) is 6.42 Å². The molecular weight excluding hydrogens is 267 g/mol. The second kappa shape index (κ2) is 4.09. The lowest BCUT2D eigenvalue weighted by atomic mass is 10.0. The van der Waals surface area contributed by atoms with Crippen LogP contribution in [0.15, 0.2) is 18.3 Å². The third-order valence-electron chi connectivity index (χ3n) is 4.09. The number of rotatable bonds is 1. The van der Waals surface area contributed by atoms with Gasteiger partial charge >= 0.3 is 0 Å². The van der Waals surface area contributed by atoms with Crippen molar-refractivity contribution in [2.45, 2.75) is 31.3 Å². The van der Waals surface area contributed by atoms with Gasteiger partial charge in [-0.05, 0) is 24.8 Å². The molecular formula is C14H12F3N3. The smallest absolute Gasteiger partial charge is 0.194 e. The van der Waals surface area contributed by atoms with Gasteiger partial charge in [-0.25, -0.2) is 17.9 Å². The summed E-state index contributed by atoms with van der Waals surface area (Å²) < 4.78 is 41.0. The van der Waals surface area contributed by atoms with Gasteiger partial charge in [0.05, 0.1) is 17.4 Å². The lowest BCUT2D eigenvalue weighted by Gasteiger charge is -2.19. The van der Waals surface area contributed by atoms with Crippen molar-refractivity contribution in [3.8, 4) is 5.69 Å². The highest BCUT2D eigenvalue weighted by atomic mass is 19.2. The molecule has 0 aliphatic carbocycles. The maximum Gasteiger partial charge on any atom is 0.194 e. The summed E-state index contributed by atoms with van der Waals surface area (Å²) in [5.74, 6) is -3.85. The standard InChI is InChI=1S/C14H12F3N3/c15-10-4-9(5-11(16)13(10)17)20-6-7-3-8-1-2-12(18-8)14(7)19-20/h4-6,8,12,18H,1-3H2. The molecule has 2 aliphatic heterocycles. The fraction of sp³-hybridized carbons (Fsp3) is 0.357. The molecule has 1 saturated heterocycles. The first-order valence-electron chi connectivity index (χ1n) is 6.61. The highest BCUT2D eigenvalue weighted by molar-refractivity contribution is 5.37. The third-order valence-corrected chi connectivity index (χ3v) is 4.09. The molecule has 3 nitrogen and oxygen atoms in total. The van der Waals surface area contributed by atoms with E-state index in [-0.39, 0.29) is 11.7 Å². The molecule has 6 heteroatoms. The van der Waals surface area contributed by atoms with E-state index in [9.17, 15) is 13.2 Å². The van der Waals surface area contributed by atoms with Crippen LogP contribution in [0.4, 0.5) is 13.2 Å². The second-order valence-corrected chi connectivity index (χ2v) is 5.41. The van der Waals surface area contributed by atoms with E-state index in [1.54, 1.807) is 6.20 Å². The zero-order valence-corrected chi connectivity index (χ0v) is 10.5. The van der Waals surface area contributed by atoms with Gasteiger partial charge in [-0.15, -0.1) is 0 Å². The molecule has 2 unspecified atom stereocenters. The van der Waals surface area contributed by atoms with Crippen molar-refractivity contribution in [1.82, 2.24) is 15.1 Å². The average molecular weight is 279 g/mol. The van der Waals surface area contributed by atoms with Crippen molar-refractivity contribution >= 4 is 0 Å². The molecule has 2 aliphatic rings. The molecule has 20 heavy (non-hydrogen) atoms. The van der Waals surface area contributed by atoms with Gasteiger partial charge in [-0.1, -0.05) is 0 Å². The molecule has 0 spiro atoms. The maximum absolute atomic E-state index is 13.3. The molecule has 2 bridgehead atoms. The van der Waals surface area contributed by atoms with E-state index in [4.69, 9.17) is 0 Å². The monoisotopic (exact) mass is 279 g/mol. The van der Waals surface area contributed by atoms with E-state index in [1.165, 1.54) is 4.68 Å². The zero-order chi connectivity index (χ0) is 13.9. The minimum atomic E-state index is -1.45. The number of aromatic nitrogens is 2. The lowest BCUT2D eigenvalue weighted by Crippen LogP contribution is -2.31. The number of nitrogens with zero attached hydrogens (tertiary/aromatic N) is 2. The molecule has 1 fully saturated rings.